The van der Waals surface area contributed by atoms with Crippen LogP contribution in [0.25, 0.3) is 0 Å². The van der Waals surface area contributed by atoms with E-state index in [0.29, 0.717) is 24.1 Å². The average molecular weight is 397 g/mol. The summed E-state index contributed by atoms with van der Waals surface area (Å²) in [6.45, 7) is 2.97. The van der Waals surface area contributed by atoms with E-state index in [-0.39, 0.29) is 23.1 Å². The average Bonchev–Trinajstić information content (AvgIpc) is 3.29. The van der Waals surface area contributed by atoms with Crippen molar-refractivity contribution in [1.82, 2.24) is 5.01 Å². The Morgan fingerprint density at radius 3 is 2.66 bits per heavy atom. The second-order valence-corrected chi connectivity index (χ2v) is 10.2. The molecule has 0 aromatic heterocycles. The fraction of sp³-hybridized carbons (Fsp3) is 0.680. The first kappa shape index (κ1) is 19.3. The maximum Gasteiger partial charge on any atom is 0.179 e. The zero-order valence-electron chi connectivity index (χ0n) is 17.6. The van der Waals surface area contributed by atoms with Crippen LogP contribution in [0.1, 0.15) is 82.7 Å². The molecule has 3 unspecified atom stereocenters. The maximum absolute atomic E-state index is 14.5. The zero-order valence-corrected chi connectivity index (χ0v) is 17.6. The number of hydrogen-bond acceptors (Lipinski definition) is 3. The van der Waals surface area contributed by atoms with Gasteiger partial charge in [-0.1, -0.05) is 38.0 Å². The van der Waals surface area contributed by atoms with Crippen LogP contribution in [0.2, 0.25) is 0 Å². The summed E-state index contributed by atoms with van der Waals surface area (Å²) in [5, 5.41) is 6.77. The molecule has 1 heterocycles. The molecule has 4 bridgehead atoms. The van der Waals surface area contributed by atoms with Crippen molar-refractivity contribution in [2.24, 2.45) is 28.3 Å². The summed E-state index contributed by atoms with van der Waals surface area (Å²) in [5.41, 5.74) is 1.63. The second-order valence-electron chi connectivity index (χ2n) is 10.2. The summed E-state index contributed by atoms with van der Waals surface area (Å²) in [6, 6.07) is 6.85. The van der Waals surface area contributed by atoms with Gasteiger partial charge >= 0.3 is 0 Å². The first-order chi connectivity index (χ1) is 14.1. The third-order valence-corrected chi connectivity index (χ3v) is 8.24. The molecule has 4 saturated carbocycles. The van der Waals surface area contributed by atoms with Crippen LogP contribution in [-0.2, 0) is 4.79 Å². The van der Waals surface area contributed by atoms with Crippen LogP contribution in [0.15, 0.2) is 29.4 Å². The van der Waals surface area contributed by atoms with Gasteiger partial charge in [0, 0.05) is 24.9 Å². The molecular formula is C25H33FN2O. The Bertz CT molecular complexity index is 805. The Morgan fingerprint density at radius 1 is 1.17 bits per heavy atom. The molecule has 0 amide bonds. The Morgan fingerprint density at radius 2 is 1.93 bits per heavy atom. The number of carbonyl (C=O) groups excluding carboxylic acids is 1. The number of nitrogens with zero attached hydrogens (tertiary/aromatic N) is 2. The van der Waals surface area contributed by atoms with Gasteiger partial charge in [0.1, 0.15) is 11.5 Å². The van der Waals surface area contributed by atoms with Crippen molar-refractivity contribution in [1.29, 1.82) is 0 Å². The summed E-state index contributed by atoms with van der Waals surface area (Å²) >= 11 is 0. The van der Waals surface area contributed by atoms with Gasteiger partial charge in [0.2, 0.25) is 0 Å². The summed E-state index contributed by atoms with van der Waals surface area (Å²) in [4.78, 5) is 13.3. The van der Waals surface area contributed by atoms with Gasteiger partial charge in [-0.2, -0.15) is 5.10 Å². The number of rotatable bonds is 8. The molecule has 1 aliphatic heterocycles. The number of carbonyl (C=O) groups is 1. The smallest absolute Gasteiger partial charge is 0.179 e. The molecule has 156 valence electrons. The summed E-state index contributed by atoms with van der Waals surface area (Å²) in [5.74, 6) is 2.54. The summed E-state index contributed by atoms with van der Waals surface area (Å²) < 4.78 is 14.5. The molecule has 3 atom stereocenters. The molecule has 4 aliphatic carbocycles. The van der Waals surface area contributed by atoms with Crippen molar-refractivity contribution in [2.75, 3.05) is 6.54 Å². The lowest BCUT2D eigenvalue weighted by molar-refractivity contribution is -0.115. The van der Waals surface area contributed by atoms with Crippen LogP contribution in [0.5, 0.6) is 0 Å². The minimum absolute atomic E-state index is 0.138. The number of unbranched alkanes of at least 4 members (excludes halogenated alkanes) is 2. The number of benzene rings is 1. The van der Waals surface area contributed by atoms with Crippen molar-refractivity contribution in [3.05, 3.63) is 35.6 Å². The molecule has 5 aliphatic rings. The highest BCUT2D eigenvalue weighted by Crippen LogP contribution is 2.66. The van der Waals surface area contributed by atoms with E-state index in [1.807, 2.05) is 17.1 Å². The quantitative estimate of drug-likeness (QED) is 0.512. The molecule has 29 heavy (non-hydrogen) atoms. The topological polar surface area (TPSA) is 32.7 Å². The van der Waals surface area contributed by atoms with Crippen LogP contribution in [0, 0.1) is 29.0 Å². The Balaban J connectivity index is 1.33. The van der Waals surface area contributed by atoms with Crippen molar-refractivity contribution in [3.8, 4) is 0 Å². The summed E-state index contributed by atoms with van der Waals surface area (Å²) in [6.07, 6.45) is 11.1. The number of hydrogen-bond donors (Lipinski definition) is 0. The van der Waals surface area contributed by atoms with E-state index in [0.717, 1.165) is 43.6 Å². The fourth-order valence-electron chi connectivity index (χ4n) is 7.14. The molecule has 6 rings (SSSR count). The van der Waals surface area contributed by atoms with Gasteiger partial charge in [0.05, 0.1) is 6.04 Å². The number of ketones is 1. The number of halogens is 1. The van der Waals surface area contributed by atoms with E-state index < -0.39 is 0 Å². The number of hydrazone groups is 1. The zero-order chi connectivity index (χ0) is 20.0. The number of Topliss-reactive ketones (excluding diaryl/α,β-unsaturated/α-hetero) is 1. The molecule has 3 nitrogen and oxygen atoms in total. The van der Waals surface area contributed by atoms with Crippen LogP contribution < -0.4 is 0 Å². The maximum atomic E-state index is 14.5. The van der Waals surface area contributed by atoms with Gasteiger partial charge in [-0.15, -0.1) is 0 Å². The van der Waals surface area contributed by atoms with Crippen molar-refractivity contribution in [3.63, 3.8) is 0 Å². The van der Waals surface area contributed by atoms with E-state index in [1.54, 1.807) is 6.07 Å². The van der Waals surface area contributed by atoms with E-state index in [2.05, 4.69) is 6.92 Å². The Labute approximate surface area is 173 Å². The highest BCUT2D eigenvalue weighted by Gasteiger charge is 2.58. The predicted molar refractivity (Wildman–Crippen MR) is 113 cm³/mol. The largest absolute Gasteiger partial charge is 0.293 e. The van der Waals surface area contributed by atoms with Crippen molar-refractivity contribution in [2.45, 2.75) is 77.2 Å². The minimum Gasteiger partial charge on any atom is -0.293 e. The molecule has 0 spiro atoms. The molecule has 0 N–H and O–H groups in total. The van der Waals surface area contributed by atoms with Gasteiger partial charge in [-0.25, -0.2) is 4.39 Å². The van der Waals surface area contributed by atoms with E-state index in [9.17, 15) is 9.18 Å². The summed E-state index contributed by atoms with van der Waals surface area (Å²) in [7, 11) is 0. The van der Waals surface area contributed by atoms with Gasteiger partial charge in [-0.05, 0) is 67.8 Å². The van der Waals surface area contributed by atoms with Crippen LogP contribution in [-0.4, -0.2) is 23.0 Å². The van der Waals surface area contributed by atoms with Gasteiger partial charge < -0.3 is 0 Å². The standard InChI is InChI=1S/C25H33FN2O/c1-2-3-6-9-28-23(20-7-4-5-8-21(20)26)13-22(27-28)24(29)16-25-14-17-10-18(15-25)12-19(25)11-17/h4-5,7-8,17-19,23H,2-3,6,9-16H2,1H3. The third-order valence-electron chi connectivity index (χ3n) is 8.24. The molecule has 1 aromatic rings. The van der Waals surface area contributed by atoms with Gasteiger partial charge in [0.25, 0.3) is 0 Å². The fourth-order valence-corrected chi connectivity index (χ4v) is 7.14. The molecule has 1 aromatic carbocycles. The van der Waals surface area contributed by atoms with Crippen molar-refractivity contribution >= 4 is 11.5 Å². The Hall–Kier alpha value is -1.71. The van der Waals surface area contributed by atoms with Gasteiger partial charge in [0.15, 0.2) is 5.78 Å². The van der Waals surface area contributed by atoms with Crippen LogP contribution in [0.4, 0.5) is 4.39 Å². The lowest BCUT2D eigenvalue weighted by Gasteiger charge is -2.32. The molecule has 4 heteroatoms. The van der Waals surface area contributed by atoms with Gasteiger partial charge in [-0.3, -0.25) is 9.80 Å². The molecular weight excluding hydrogens is 363 g/mol. The van der Waals surface area contributed by atoms with E-state index in [4.69, 9.17) is 5.10 Å². The Kier molecular flexibility index (Phi) is 4.99. The van der Waals surface area contributed by atoms with E-state index in [1.165, 1.54) is 38.2 Å². The monoisotopic (exact) mass is 396 g/mol. The van der Waals surface area contributed by atoms with Crippen LogP contribution >= 0.6 is 0 Å². The molecule has 4 fully saturated rings. The first-order valence-electron chi connectivity index (χ1n) is 11.7. The lowest BCUT2D eigenvalue weighted by Crippen LogP contribution is -2.29. The van der Waals surface area contributed by atoms with Crippen molar-refractivity contribution < 1.29 is 9.18 Å². The minimum atomic E-state index is -0.188. The SMILES string of the molecule is CCCCCN1N=C(C(=O)CC23CC4CC(CC2C4)C3)CC1c1ccccc1F. The van der Waals surface area contributed by atoms with Crippen LogP contribution in [0.3, 0.4) is 0 Å². The molecule has 0 saturated heterocycles. The molecule has 0 radical (unpaired) electrons. The van der Waals surface area contributed by atoms with E-state index >= 15 is 0 Å². The first-order valence-corrected chi connectivity index (χ1v) is 11.7. The second kappa shape index (κ2) is 7.52. The lowest BCUT2D eigenvalue weighted by atomic mass is 9.72. The normalized spacial score (nSPS) is 34.8. The highest BCUT2D eigenvalue weighted by atomic mass is 19.1. The highest BCUT2D eigenvalue weighted by molar-refractivity contribution is 6.40. The predicted octanol–water partition coefficient (Wildman–Crippen LogP) is 5.90. The third kappa shape index (κ3) is 3.43.